The van der Waals surface area contributed by atoms with Crippen molar-refractivity contribution in [2.24, 2.45) is 0 Å². The smallest absolute Gasteiger partial charge is 0.111 e. The van der Waals surface area contributed by atoms with Gasteiger partial charge in [-0.1, -0.05) is 12.8 Å². The van der Waals surface area contributed by atoms with Crippen molar-refractivity contribution >= 4 is 0 Å². The highest BCUT2D eigenvalue weighted by Crippen LogP contribution is 2.26. The summed E-state index contributed by atoms with van der Waals surface area (Å²) in [6.07, 6.45) is 7.28. The third-order valence-corrected chi connectivity index (χ3v) is 3.84. The van der Waals surface area contributed by atoms with Crippen molar-refractivity contribution < 1.29 is 4.74 Å². The van der Waals surface area contributed by atoms with Crippen molar-refractivity contribution in [1.82, 2.24) is 14.5 Å². The van der Waals surface area contributed by atoms with Gasteiger partial charge in [-0.25, -0.2) is 4.98 Å². The largest absolute Gasteiger partial charge is 0.383 e. The van der Waals surface area contributed by atoms with Gasteiger partial charge >= 0.3 is 0 Å². The molecule has 0 unspecified atom stereocenters. The van der Waals surface area contributed by atoms with E-state index >= 15 is 0 Å². The van der Waals surface area contributed by atoms with Gasteiger partial charge in [0.1, 0.15) is 5.82 Å². The van der Waals surface area contributed by atoms with Crippen LogP contribution in [0.15, 0.2) is 12.4 Å². The molecule has 0 amide bonds. The molecule has 0 aliphatic carbocycles. The molecule has 1 saturated heterocycles. The molecular formula is C16H25N3O. The predicted molar refractivity (Wildman–Crippen MR) is 80.6 cm³/mol. The Kier molecular flexibility index (Phi) is 6.10. The van der Waals surface area contributed by atoms with Crippen LogP contribution in [0.1, 0.15) is 37.9 Å². The lowest BCUT2D eigenvalue weighted by Crippen LogP contribution is -2.34. The van der Waals surface area contributed by atoms with Crippen LogP contribution in [-0.2, 0) is 11.3 Å². The first-order chi connectivity index (χ1) is 9.85. The van der Waals surface area contributed by atoms with E-state index in [9.17, 15) is 0 Å². The molecule has 1 aliphatic heterocycles. The molecule has 2 heterocycles. The van der Waals surface area contributed by atoms with Crippen LogP contribution >= 0.6 is 0 Å². The summed E-state index contributed by atoms with van der Waals surface area (Å²) in [6.45, 7) is 6.90. The Hall–Kier alpha value is -1.31. The lowest BCUT2D eigenvalue weighted by molar-refractivity contribution is 0.183. The molecule has 0 atom stereocenters. The average Bonchev–Trinajstić information content (AvgIpc) is 2.94. The van der Waals surface area contributed by atoms with Gasteiger partial charge in [-0.3, -0.25) is 4.90 Å². The van der Waals surface area contributed by atoms with Crippen molar-refractivity contribution in [1.29, 1.82) is 0 Å². The molecule has 4 heteroatoms. The Balaban J connectivity index is 1.85. The standard InChI is InChI=1S/C16H25N3O/c1-3-4-5-9-18-10-6-15(7-11-18)16-17-8-12-19(16)13-14-20-2/h8,12,15H,3,6-7,9-11,13-14H2,1-2H3. The Morgan fingerprint density at radius 1 is 1.35 bits per heavy atom. The number of likely N-dealkylation sites (tertiary alicyclic amines) is 1. The van der Waals surface area contributed by atoms with Crippen molar-refractivity contribution in [3.63, 3.8) is 0 Å². The fourth-order valence-corrected chi connectivity index (χ4v) is 2.70. The van der Waals surface area contributed by atoms with E-state index in [4.69, 9.17) is 4.74 Å². The predicted octanol–water partition coefficient (Wildman–Crippen LogP) is 2.12. The van der Waals surface area contributed by atoms with E-state index in [0.717, 1.165) is 39.2 Å². The minimum Gasteiger partial charge on any atom is -0.383 e. The molecule has 110 valence electrons. The molecule has 1 aliphatic rings. The number of imidazole rings is 1. The van der Waals surface area contributed by atoms with Crippen LogP contribution in [0, 0.1) is 11.8 Å². The average molecular weight is 275 g/mol. The zero-order chi connectivity index (χ0) is 14.2. The number of hydrogen-bond acceptors (Lipinski definition) is 3. The van der Waals surface area contributed by atoms with Crippen LogP contribution in [0.2, 0.25) is 0 Å². The topological polar surface area (TPSA) is 30.3 Å². The van der Waals surface area contributed by atoms with E-state index in [2.05, 4.69) is 39.4 Å². The van der Waals surface area contributed by atoms with Gasteiger partial charge in [0, 0.05) is 38.4 Å². The van der Waals surface area contributed by atoms with Gasteiger partial charge in [0.15, 0.2) is 0 Å². The lowest BCUT2D eigenvalue weighted by Gasteiger charge is -2.30. The van der Waals surface area contributed by atoms with Crippen molar-refractivity contribution in [2.75, 3.05) is 33.4 Å². The second kappa shape index (κ2) is 8.08. The second-order valence-electron chi connectivity index (χ2n) is 5.23. The highest BCUT2D eigenvalue weighted by molar-refractivity contribution is 5.05. The molecule has 1 aromatic heterocycles. The summed E-state index contributed by atoms with van der Waals surface area (Å²) in [7, 11) is 1.74. The molecule has 0 saturated carbocycles. The van der Waals surface area contributed by atoms with Gasteiger partial charge in [0.2, 0.25) is 0 Å². The number of ether oxygens (including phenoxy) is 1. The van der Waals surface area contributed by atoms with Gasteiger partial charge in [-0.05, 0) is 25.9 Å². The molecule has 2 rings (SSSR count). The minimum absolute atomic E-state index is 0.581. The number of aromatic nitrogens is 2. The third-order valence-electron chi connectivity index (χ3n) is 3.84. The summed E-state index contributed by atoms with van der Waals surface area (Å²) in [4.78, 5) is 7.00. The second-order valence-corrected chi connectivity index (χ2v) is 5.23. The maximum atomic E-state index is 5.16. The Bertz CT molecular complexity index is 450. The Morgan fingerprint density at radius 3 is 2.85 bits per heavy atom. The molecule has 4 nitrogen and oxygen atoms in total. The maximum Gasteiger partial charge on any atom is 0.111 e. The van der Waals surface area contributed by atoms with Crippen LogP contribution < -0.4 is 0 Å². The molecular weight excluding hydrogens is 250 g/mol. The van der Waals surface area contributed by atoms with E-state index in [-0.39, 0.29) is 0 Å². The SMILES string of the molecule is CCC#CCN1CCC(c2nccn2CCOC)CC1. The van der Waals surface area contributed by atoms with Gasteiger partial charge in [-0.2, -0.15) is 0 Å². The minimum atomic E-state index is 0.581. The fourth-order valence-electron chi connectivity index (χ4n) is 2.70. The van der Waals surface area contributed by atoms with E-state index in [0.29, 0.717) is 5.92 Å². The molecule has 0 N–H and O–H groups in total. The molecule has 1 aromatic rings. The molecule has 0 bridgehead atoms. The van der Waals surface area contributed by atoms with Crippen LogP contribution in [-0.4, -0.2) is 47.8 Å². The van der Waals surface area contributed by atoms with Gasteiger partial charge in [0.25, 0.3) is 0 Å². The summed E-state index contributed by atoms with van der Waals surface area (Å²) in [5, 5.41) is 0. The maximum absolute atomic E-state index is 5.16. The van der Waals surface area contributed by atoms with E-state index in [1.54, 1.807) is 7.11 Å². The van der Waals surface area contributed by atoms with E-state index in [1.807, 2.05) is 6.20 Å². The van der Waals surface area contributed by atoms with Crippen LogP contribution in [0.25, 0.3) is 0 Å². The quantitative estimate of drug-likeness (QED) is 0.771. The van der Waals surface area contributed by atoms with Crippen molar-refractivity contribution in [2.45, 2.75) is 38.6 Å². The van der Waals surface area contributed by atoms with Gasteiger partial charge < -0.3 is 9.30 Å². The highest BCUT2D eigenvalue weighted by atomic mass is 16.5. The normalized spacial score (nSPS) is 16.9. The number of rotatable bonds is 5. The summed E-state index contributed by atoms with van der Waals surface area (Å²) in [5.74, 6) is 8.18. The number of hydrogen-bond donors (Lipinski definition) is 0. The molecule has 0 aromatic carbocycles. The number of nitrogens with zero attached hydrogens (tertiary/aromatic N) is 3. The number of methoxy groups -OCH3 is 1. The Labute approximate surface area is 122 Å². The number of piperidine rings is 1. The zero-order valence-corrected chi connectivity index (χ0v) is 12.6. The molecule has 0 spiro atoms. The Morgan fingerprint density at radius 2 is 2.15 bits per heavy atom. The first-order valence-electron chi connectivity index (χ1n) is 7.53. The summed E-state index contributed by atoms with van der Waals surface area (Å²) in [5.41, 5.74) is 0. The first-order valence-corrected chi connectivity index (χ1v) is 7.53. The van der Waals surface area contributed by atoms with Gasteiger partial charge in [0.05, 0.1) is 13.2 Å². The van der Waals surface area contributed by atoms with Crippen molar-refractivity contribution in [3.8, 4) is 11.8 Å². The summed E-state index contributed by atoms with van der Waals surface area (Å²) in [6, 6.07) is 0. The van der Waals surface area contributed by atoms with Gasteiger partial charge in [-0.15, -0.1) is 5.92 Å². The highest BCUT2D eigenvalue weighted by Gasteiger charge is 2.23. The molecule has 1 fully saturated rings. The summed E-state index contributed by atoms with van der Waals surface area (Å²) < 4.78 is 7.39. The van der Waals surface area contributed by atoms with E-state index in [1.165, 1.54) is 18.7 Å². The van der Waals surface area contributed by atoms with E-state index < -0.39 is 0 Å². The zero-order valence-electron chi connectivity index (χ0n) is 12.6. The summed E-state index contributed by atoms with van der Waals surface area (Å²) >= 11 is 0. The third kappa shape index (κ3) is 4.09. The molecule has 0 radical (unpaired) electrons. The monoisotopic (exact) mass is 275 g/mol. The fraction of sp³-hybridized carbons (Fsp3) is 0.688. The first kappa shape index (κ1) is 15.1. The molecule has 20 heavy (non-hydrogen) atoms. The van der Waals surface area contributed by atoms with Crippen molar-refractivity contribution in [3.05, 3.63) is 18.2 Å². The lowest BCUT2D eigenvalue weighted by atomic mass is 9.96. The van der Waals surface area contributed by atoms with Crippen LogP contribution in [0.3, 0.4) is 0 Å². The van der Waals surface area contributed by atoms with Crippen LogP contribution in [0.5, 0.6) is 0 Å². The van der Waals surface area contributed by atoms with Crippen LogP contribution in [0.4, 0.5) is 0 Å².